The monoisotopic (exact) mass is 205 g/mol. The minimum atomic E-state index is 0.635. The first-order valence-corrected chi connectivity index (χ1v) is 4.61. The zero-order chi connectivity index (χ0) is 10.1. The van der Waals surface area contributed by atoms with Crippen molar-refractivity contribution >= 4 is 28.7 Å². The van der Waals surface area contributed by atoms with Crippen LogP contribution in [0, 0.1) is 6.92 Å². The van der Waals surface area contributed by atoms with Gasteiger partial charge in [-0.1, -0.05) is 11.6 Å². The molecule has 1 aromatic heterocycles. The Morgan fingerprint density at radius 3 is 2.86 bits per heavy atom. The lowest BCUT2D eigenvalue weighted by Crippen LogP contribution is -1.89. The average molecular weight is 206 g/mol. The summed E-state index contributed by atoms with van der Waals surface area (Å²) in [5.74, 6) is 0. The van der Waals surface area contributed by atoms with Crippen LogP contribution < -0.4 is 0 Å². The van der Waals surface area contributed by atoms with Crippen molar-refractivity contribution in [3.8, 4) is 0 Å². The molecule has 2 aromatic rings. The minimum absolute atomic E-state index is 0.635. The molecule has 0 radical (unpaired) electrons. The van der Waals surface area contributed by atoms with Gasteiger partial charge in [0.15, 0.2) is 6.29 Å². The normalized spacial score (nSPS) is 10.4. The lowest BCUT2D eigenvalue weighted by Gasteiger charge is -2.04. The van der Waals surface area contributed by atoms with Crippen molar-refractivity contribution in [3.05, 3.63) is 40.7 Å². The van der Waals surface area contributed by atoms with Crippen molar-refractivity contribution in [1.82, 2.24) is 4.98 Å². The molecule has 0 amide bonds. The summed E-state index contributed by atoms with van der Waals surface area (Å²) in [5, 5.41) is 2.36. The van der Waals surface area contributed by atoms with Gasteiger partial charge in [0, 0.05) is 22.8 Å². The second kappa shape index (κ2) is 3.39. The Labute approximate surface area is 86.5 Å². The molecular weight excluding hydrogens is 198 g/mol. The molecule has 0 saturated carbocycles. The zero-order valence-electron chi connectivity index (χ0n) is 7.62. The smallest absolute Gasteiger partial charge is 0.150 e. The Kier molecular flexibility index (Phi) is 2.22. The van der Waals surface area contributed by atoms with Crippen LogP contribution in [0.3, 0.4) is 0 Å². The summed E-state index contributed by atoms with van der Waals surface area (Å²) < 4.78 is 0. The number of benzene rings is 1. The van der Waals surface area contributed by atoms with E-state index >= 15 is 0 Å². The number of hydrogen-bond donors (Lipinski definition) is 0. The van der Waals surface area contributed by atoms with E-state index in [0.29, 0.717) is 10.6 Å². The summed E-state index contributed by atoms with van der Waals surface area (Å²) >= 11 is 6.04. The summed E-state index contributed by atoms with van der Waals surface area (Å²) in [6.45, 7) is 1.88. The van der Waals surface area contributed by atoms with E-state index in [0.717, 1.165) is 22.8 Å². The van der Waals surface area contributed by atoms with Crippen LogP contribution >= 0.6 is 11.6 Å². The first kappa shape index (κ1) is 9.16. The number of rotatable bonds is 1. The van der Waals surface area contributed by atoms with Gasteiger partial charge in [-0.05, 0) is 30.5 Å². The Balaban J connectivity index is 2.98. The highest BCUT2D eigenvalue weighted by Crippen LogP contribution is 2.27. The summed E-state index contributed by atoms with van der Waals surface area (Å²) in [5.41, 5.74) is 1.49. The molecule has 0 aliphatic rings. The molecule has 1 aromatic carbocycles. The van der Waals surface area contributed by atoms with Crippen LogP contribution in [0.4, 0.5) is 0 Å². The van der Waals surface area contributed by atoms with Crippen LogP contribution in [0.15, 0.2) is 24.4 Å². The van der Waals surface area contributed by atoms with Gasteiger partial charge in [-0.25, -0.2) is 0 Å². The Morgan fingerprint density at radius 2 is 2.14 bits per heavy atom. The summed E-state index contributed by atoms with van der Waals surface area (Å²) in [6.07, 6.45) is 2.51. The van der Waals surface area contributed by atoms with Crippen LogP contribution in [0.25, 0.3) is 10.8 Å². The quantitative estimate of drug-likeness (QED) is 0.670. The predicted octanol–water partition coefficient (Wildman–Crippen LogP) is 3.01. The molecule has 0 spiro atoms. The van der Waals surface area contributed by atoms with E-state index in [4.69, 9.17) is 11.6 Å². The fourth-order valence-electron chi connectivity index (χ4n) is 1.55. The van der Waals surface area contributed by atoms with Gasteiger partial charge in [-0.2, -0.15) is 0 Å². The number of carbonyl (C=O) groups excluding carboxylic acids is 1. The van der Waals surface area contributed by atoms with E-state index in [1.54, 1.807) is 24.4 Å². The SMILES string of the molecule is Cc1nccc2c(C=O)ccc(Cl)c12. The number of hydrogen-bond acceptors (Lipinski definition) is 2. The van der Waals surface area contributed by atoms with Crippen molar-refractivity contribution in [2.75, 3.05) is 0 Å². The topological polar surface area (TPSA) is 30.0 Å². The molecule has 0 N–H and O–H groups in total. The average Bonchev–Trinajstić information content (AvgIpc) is 2.18. The maximum Gasteiger partial charge on any atom is 0.150 e. The standard InChI is InChI=1S/C11H8ClNO/c1-7-11-9(4-5-13-7)8(6-14)2-3-10(11)12/h2-6H,1H3. The largest absolute Gasteiger partial charge is 0.298 e. The summed E-state index contributed by atoms with van der Waals surface area (Å²) in [6, 6.07) is 5.25. The van der Waals surface area contributed by atoms with Gasteiger partial charge >= 0.3 is 0 Å². The van der Waals surface area contributed by atoms with E-state index < -0.39 is 0 Å². The third-order valence-corrected chi connectivity index (χ3v) is 2.54. The summed E-state index contributed by atoms with van der Waals surface area (Å²) in [7, 11) is 0. The molecule has 3 heteroatoms. The number of fused-ring (bicyclic) bond motifs is 1. The van der Waals surface area contributed by atoms with Crippen LogP contribution in [-0.2, 0) is 0 Å². The van der Waals surface area contributed by atoms with Gasteiger partial charge in [0.05, 0.1) is 5.02 Å². The number of pyridine rings is 1. The number of aromatic nitrogens is 1. The molecule has 0 saturated heterocycles. The number of carbonyl (C=O) groups is 1. The van der Waals surface area contributed by atoms with Gasteiger partial charge in [0.1, 0.15) is 0 Å². The zero-order valence-corrected chi connectivity index (χ0v) is 8.38. The maximum atomic E-state index is 10.8. The van der Waals surface area contributed by atoms with E-state index in [2.05, 4.69) is 4.98 Å². The highest BCUT2D eigenvalue weighted by atomic mass is 35.5. The van der Waals surface area contributed by atoms with E-state index in [1.165, 1.54) is 0 Å². The number of nitrogens with zero attached hydrogens (tertiary/aromatic N) is 1. The van der Waals surface area contributed by atoms with Crippen LogP contribution in [0.2, 0.25) is 5.02 Å². The molecule has 0 atom stereocenters. The number of halogens is 1. The third-order valence-electron chi connectivity index (χ3n) is 2.23. The lowest BCUT2D eigenvalue weighted by atomic mass is 10.1. The Bertz CT molecular complexity index is 500. The first-order chi connectivity index (χ1) is 6.74. The minimum Gasteiger partial charge on any atom is -0.298 e. The highest BCUT2D eigenvalue weighted by molar-refractivity contribution is 6.36. The van der Waals surface area contributed by atoms with Gasteiger partial charge in [0.2, 0.25) is 0 Å². The number of aryl methyl sites for hydroxylation is 1. The van der Waals surface area contributed by atoms with Crippen molar-refractivity contribution in [2.45, 2.75) is 6.92 Å². The van der Waals surface area contributed by atoms with Crippen molar-refractivity contribution in [3.63, 3.8) is 0 Å². The highest BCUT2D eigenvalue weighted by Gasteiger charge is 2.06. The lowest BCUT2D eigenvalue weighted by molar-refractivity contribution is 0.112. The third kappa shape index (κ3) is 1.28. The van der Waals surface area contributed by atoms with Crippen LogP contribution in [-0.4, -0.2) is 11.3 Å². The predicted molar refractivity (Wildman–Crippen MR) is 56.9 cm³/mol. The summed E-state index contributed by atoms with van der Waals surface area (Å²) in [4.78, 5) is 14.9. The number of aldehydes is 1. The second-order valence-corrected chi connectivity index (χ2v) is 3.48. The van der Waals surface area contributed by atoms with Gasteiger partial charge in [-0.3, -0.25) is 9.78 Å². The van der Waals surface area contributed by atoms with Gasteiger partial charge < -0.3 is 0 Å². The van der Waals surface area contributed by atoms with Crippen molar-refractivity contribution in [2.24, 2.45) is 0 Å². The fraction of sp³-hybridized carbons (Fsp3) is 0.0909. The van der Waals surface area contributed by atoms with E-state index in [9.17, 15) is 4.79 Å². The molecule has 2 rings (SSSR count). The van der Waals surface area contributed by atoms with Crippen LogP contribution in [0.1, 0.15) is 16.1 Å². The molecule has 1 heterocycles. The Hall–Kier alpha value is -1.41. The molecule has 2 nitrogen and oxygen atoms in total. The van der Waals surface area contributed by atoms with Crippen molar-refractivity contribution < 1.29 is 4.79 Å². The van der Waals surface area contributed by atoms with E-state index in [1.807, 2.05) is 6.92 Å². The molecule has 0 aliphatic heterocycles. The van der Waals surface area contributed by atoms with Gasteiger partial charge in [0.25, 0.3) is 0 Å². The molecular formula is C11H8ClNO. The maximum absolute atomic E-state index is 10.8. The van der Waals surface area contributed by atoms with E-state index in [-0.39, 0.29) is 0 Å². The fourth-order valence-corrected chi connectivity index (χ4v) is 1.85. The molecule has 14 heavy (non-hydrogen) atoms. The molecule has 70 valence electrons. The van der Waals surface area contributed by atoms with Crippen molar-refractivity contribution in [1.29, 1.82) is 0 Å². The Morgan fingerprint density at radius 1 is 1.36 bits per heavy atom. The molecule has 0 fully saturated rings. The molecule has 0 bridgehead atoms. The van der Waals surface area contributed by atoms with Gasteiger partial charge in [-0.15, -0.1) is 0 Å². The molecule has 0 aliphatic carbocycles. The molecule has 0 unspecified atom stereocenters. The van der Waals surface area contributed by atoms with Crippen LogP contribution in [0.5, 0.6) is 0 Å². The first-order valence-electron chi connectivity index (χ1n) is 4.23. The second-order valence-electron chi connectivity index (χ2n) is 3.07.